The molecule has 0 amide bonds. The number of piperidine rings is 1. The van der Waals surface area contributed by atoms with E-state index in [2.05, 4.69) is 9.97 Å². The molecule has 5 nitrogen and oxygen atoms in total. The molecular weight excluding hydrogens is 206 g/mol. The van der Waals surface area contributed by atoms with E-state index in [-0.39, 0.29) is 11.3 Å². The van der Waals surface area contributed by atoms with Crippen LogP contribution < -0.4 is 10.5 Å². The van der Waals surface area contributed by atoms with Gasteiger partial charge in [0, 0.05) is 38.4 Å². The molecule has 0 atom stereocenters. The molecule has 1 aromatic heterocycles. The van der Waals surface area contributed by atoms with Gasteiger partial charge in [0.25, 0.3) is 5.56 Å². The second kappa shape index (κ2) is 4.47. The van der Waals surface area contributed by atoms with Crippen LogP contribution in [0, 0.1) is 0 Å². The smallest absolute Gasteiger partial charge is 0.252 e. The van der Waals surface area contributed by atoms with Crippen molar-refractivity contribution in [3.8, 4) is 0 Å². The van der Waals surface area contributed by atoms with Crippen LogP contribution in [0.15, 0.2) is 10.9 Å². The summed E-state index contributed by atoms with van der Waals surface area (Å²) in [5, 5.41) is 0. The topological polar surface area (TPSA) is 66.1 Å². The van der Waals surface area contributed by atoms with Crippen molar-refractivity contribution in [1.29, 1.82) is 0 Å². The van der Waals surface area contributed by atoms with Crippen LogP contribution in [0.5, 0.6) is 0 Å². The van der Waals surface area contributed by atoms with E-state index in [1.165, 1.54) is 6.07 Å². The summed E-state index contributed by atoms with van der Waals surface area (Å²) in [6.45, 7) is 3.28. The Morgan fingerprint density at radius 1 is 1.38 bits per heavy atom. The molecule has 0 aliphatic carbocycles. The number of rotatable bonds is 2. The first-order valence-electron chi connectivity index (χ1n) is 5.56. The lowest BCUT2D eigenvalue weighted by Crippen LogP contribution is -2.35. The maximum Gasteiger partial charge on any atom is 0.252 e. The molecule has 1 fully saturated rings. The molecule has 1 aliphatic heterocycles. The van der Waals surface area contributed by atoms with Gasteiger partial charge in [0.15, 0.2) is 0 Å². The number of aromatic nitrogens is 2. The Morgan fingerprint density at radius 2 is 2.06 bits per heavy atom. The fraction of sp³-hybridized carbons (Fsp3) is 0.545. The van der Waals surface area contributed by atoms with Gasteiger partial charge >= 0.3 is 0 Å². The first-order chi connectivity index (χ1) is 7.69. The van der Waals surface area contributed by atoms with E-state index in [4.69, 9.17) is 0 Å². The van der Waals surface area contributed by atoms with E-state index in [9.17, 15) is 9.59 Å². The first-order valence-corrected chi connectivity index (χ1v) is 5.56. The highest BCUT2D eigenvalue weighted by atomic mass is 16.1. The summed E-state index contributed by atoms with van der Waals surface area (Å²) in [5.74, 6) is 1.67. The maximum absolute atomic E-state index is 11.4. The summed E-state index contributed by atoms with van der Waals surface area (Å²) in [4.78, 5) is 31.5. The van der Waals surface area contributed by atoms with Gasteiger partial charge in [0.05, 0.1) is 0 Å². The van der Waals surface area contributed by atoms with Crippen molar-refractivity contribution in [3.05, 3.63) is 22.2 Å². The van der Waals surface area contributed by atoms with Crippen molar-refractivity contribution < 1.29 is 4.79 Å². The van der Waals surface area contributed by atoms with Crippen molar-refractivity contribution in [1.82, 2.24) is 9.97 Å². The molecular formula is C11H15N3O2. The van der Waals surface area contributed by atoms with Crippen molar-refractivity contribution in [3.63, 3.8) is 0 Å². The summed E-state index contributed by atoms with van der Waals surface area (Å²) in [7, 11) is 0. The standard InChI is InChI=1S/C11H15N3O2/c1-2-9-12-10(7-11(16)13-9)14-5-3-8(15)4-6-14/h7H,2-6H2,1H3,(H,12,13,16). The lowest BCUT2D eigenvalue weighted by atomic mass is 10.1. The number of carbonyl (C=O) groups is 1. The highest BCUT2D eigenvalue weighted by Crippen LogP contribution is 2.14. The van der Waals surface area contributed by atoms with E-state index < -0.39 is 0 Å². The van der Waals surface area contributed by atoms with Gasteiger partial charge < -0.3 is 9.88 Å². The number of aromatic amines is 1. The Kier molecular flexibility index (Phi) is 3.03. The number of hydrogen-bond acceptors (Lipinski definition) is 4. The number of H-pyrrole nitrogens is 1. The zero-order valence-electron chi connectivity index (χ0n) is 9.32. The van der Waals surface area contributed by atoms with Crippen molar-refractivity contribution in [2.75, 3.05) is 18.0 Å². The van der Waals surface area contributed by atoms with E-state index in [0.29, 0.717) is 44.0 Å². The van der Waals surface area contributed by atoms with Gasteiger partial charge in [-0.15, -0.1) is 0 Å². The number of anilines is 1. The normalized spacial score (nSPS) is 16.6. The zero-order chi connectivity index (χ0) is 11.5. The van der Waals surface area contributed by atoms with Crippen LogP contribution in [0.4, 0.5) is 5.82 Å². The minimum Gasteiger partial charge on any atom is -0.356 e. The summed E-state index contributed by atoms with van der Waals surface area (Å²) in [6, 6.07) is 1.49. The summed E-state index contributed by atoms with van der Waals surface area (Å²) in [6.07, 6.45) is 1.81. The van der Waals surface area contributed by atoms with Crippen molar-refractivity contribution in [2.24, 2.45) is 0 Å². The van der Waals surface area contributed by atoms with E-state index in [0.717, 1.165) is 0 Å². The average molecular weight is 221 g/mol. The zero-order valence-corrected chi connectivity index (χ0v) is 9.32. The molecule has 1 saturated heterocycles. The van der Waals surface area contributed by atoms with Crippen LogP contribution in [0.1, 0.15) is 25.6 Å². The second-order valence-corrected chi connectivity index (χ2v) is 3.93. The maximum atomic E-state index is 11.4. The predicted octanol–water partition coefficient (Wildman–Crippen LogP) is 0.502. The van der Waals surface area contributed by atoms with Gasteiger partial charge in [-0.25, -0.2) is 4.98 Å². The number of nitrogens with one attached hydrogen (secondary N) is 1. The Balaban J connectivity index is 2.23. The van der Waals surface area contributed by atoms with Gasteiger partial charge in [-0.2, -0.15) is 0 Å². The molecule has 1 N–H and O–H groups in total. The number of carbonyl (C=O) groups excluding carboxylic acids is 1. The molecule has 0 spiro atoms. The number of Topliss-reactive ketones (excluding diaryl/α,β-unsaturated/α-hetero) is 1. The van der Waals surface area contributed by atoms with Crippen LogP contribution in [0.25, 0.3) is 0 Å². The minimum absolute atomic E-state index is 0.126. The Morgan fingerprint density at radius 3 is 2.69 bits per heavy atom. The molecule has 5 heteroatoms. The van der Waals surface area contributed by atoms with E-state index >= 15 is 0 Å². The molecule has 0 bridgehead atoms. The summed E-state index contributed by atoms with van der Waals surface area (Å²) in [5.41, 5.74) is -0.126. The number of ketones is 1. The Hall–Kier alpha value is -1.65. The molecule has 0 aromatic carbocycles. The van der Waals surface area contributed by atoms with Crippen molar-refractivity contribution >= 4 is 11.6 Å². The molecule has 0 radical (unpaired) electrons. The molecule has 1 aromatic rings. The number of nitrogens with zero attached hydrogens (tertiary/aromatic N) is 2. The van der Waals surface area contributed by atoms with E-state index in [1.807, 2.05) is 11.8 Å². The van der Waals surface area contributed by atoms with Gasteiger partial charge in [0.1, 0.15) is 17.4 Å². The van der Waals surface area contributed by atoms with E-state index in [1.54, 1.807) is 0 Å². The quantitative estimate of drug-likeness (QED) is 0.789. The molecule has 0 unspecified atom stereocenters. The number of hydrogen-bond donors (Lipinski definition) is 1. The van der Waals surface area contributed by atoms with Crippen LogP contribution in [0.2, 0.25) is 0 Å². The summed E-state index contributed by atoms with van der Waals surface area (Å²) < 4.78 is 0. The van der Waals surface area contributed by atoms with Gasteiger partial charge in [-0.1, -0.05) is 6.92 Å². The number of aryl methyl sites for hydroxylation is 1. The molecule has 16 heavy (non-hydrogen) atoms. The molecule has 0 saturated carbocycles. The predicted molar refractivity (Wildman–Crippen MR) is 60.7 cm³/mol. The highest BCUT2D eigenvalue weighted by molar-refractivity contribution is 5.80. The molecule has 86 valence electrons. The summed E-state index contributed by atoms with van der Waals surface area (Å²) >= 11 is 0. The lowest BCUT2D eigenvalue weighted by molar-refractivity contribution is -0.119. The van der Waals surface area contributed by atoms with Gasteiger partial charge in [-0.05, 0) is 0 Å². The molecule has 2 heterocycles. The van der Waals surface area contributed by atoms with Crippen LogP contribution in [-0.2, 0) is 11.2 Å². The Bertz CT molecular complexity index is 443. The fourth-order valence-electron chi connectivity index (χ4n) is 1.81. The lowest BCUT2D eigenvalue weighted by Gasteiger charge is -2.26. The third-order valence-corrected chi connectivity index (χ3v) is 2.76. The monoisotopic (exact) mass is 221 g/mol. The van der Waals surface area contributed by atoms with Crippen LogP contribution in [-0.4, -0.2) is 28.8 Å². The minimum atomic E-state index is -0.126. The van der Waals surface area contributed by atoms with Crippen molar-refractivity contribution in [2.45, 2.75) is 26.2 Å². The molecule has 2 rings (SSSR count). The van der Waals surface area contributed by atoms with Crippen LogP contribution in [0.3, 0.4) is 0 Å². The molecule has 1 aliphatic rings. The largest absolute Gasteiger partial charge is 0.356 e. The second-order valence-electron chi connectivity index (χ2n) is 3.93. The first kappa shape index (κ1) is 10.9. The average Bonchev–Trinajstić information content (AvgIpc) is 2.29. The fourth-order valence-corrected chi connectivity index (χ4v) is 1.81. The SMILES string of the molecule is CCc1nc(N2CCC(=O)CC2)cc(=O)[nH]1. The van der Waals surface area contributed by atoms with Crippen LogP contribution >= 0.6 is 0 Å². The van der Waals surface area contributed by atoms with Gasteiger partial charge in [-0.3, -0.25) is 9.59 Å². The third kappa shape index (κ3) is 2.29. The highest BCUT2D eigenvalue weighted by Gasteiger charge is 2.17. The Labute approximate surface area is 93.5 Å². The van der Waals surface area contributed by atoms with Gasteiger partial charge in [0.2, 0.25) is 0 Å². The third-order valence-electron chi connectivity index (χ3n) is 2.76.